The van der Waals surface area contributed by atoms with E-state index in [0.29, 0.717) is 41.6 Å². The number of rotatable bonds is 14. The molecule has 0 aliphatic carbocycles. The summed E-state index contributed by atoms with van der Waals surface area (Å²) in [6.45, 7) is 8.62. The highest BCUT2D eigenvalue weighted by Crippen LogP contribution is 2.45. The Hall–Kier alpha value is -4.54. The number of carbonyl (C=O) groups excluding carboxylic acids is 1. The molecule has 2 heterocycles. The summed E-state index contributed by atoms with van der Waals surface area (Å²) in [6.07, 6.45) is 3.32. The van der Waals surface area contributed by atoms with Crippen LogP contribution in [0.15, 0.2) is 64.7 Å². The summed E-state index contributed by atoms with van der Waals surface area (Å²) >= 11 is 0. The lowest BCUT2D eigenvalue weighted by Gasteiger charge is -2.25. The average Bonchev–Trinajstić information content (AvgIpc) is 3.50. The van der Waals surface area contributed by atoms with Gasteiger partial charge in [0.1, 0.15) is 18.1 Å². The first-order valence-corrected chi connectivity index (χ1v) is 16.6. The van der Waals surface area contributed by atoms with Crippen molar-refractivity contribution in [1.29, 1.82) is 0 Å². The van der Waals surface area contributed by atoms with Crippen LogP contribution in [0.3, 0.4) is 0 Å². The first-order chi connectivity index (χ1) is 23.7. The predicted octanol–water partition coefficient (Wildman–Crippen LogP) is 6.42. The molecule has 0 spiro atoms. The average molecular weight is 708 g/mol. The van der Waals surface area contributed by atoms with Gasteiger partial charge in [-0.1, -0.05) is 18.2 Å². The number of carbonyl (C=O) groups is 1. The van der Waals surface area contributed by atoms with Gasteiger partial charge in [-0.15, -0.1) is 12.4 Å². The molecule has 1 atom stereocenters. The van der Waals surface area contributed by atoms with E-state index in [1.807, 2.05) is 63.4 Å². The first kappa shape index (κ1) is 39.9. The third kappa shape index (κ3) is 10.5. The van der Waals surface area contributed by atoms with Crippen molar-refractivity contribution in [2.24, 2.45) is 9.98 Å². The number of methoxy groups -OCH3 is 2. The molecule has 12 heteroatoms. The lowest BCUT2D eigenvalue weighted by atomic mass is 9.94. The number of nitrogens with one attached hydrogen (secondary N) is 2. The molecule has 4 aromatic rings. The minimum Gasteiger partial charge on any atom is -0.493 e. The molecular weight excluding hydrogens is 658 g/mol. The molecule has 1 aliphatic rings. The van der Waals surface area contributed by atoms with Crippen LogP contribution in [0.1, 0.15) is 48.7 Å². The highest BCUT2D eigenvalue weighted by atomic mass is 35.5. The van der Waals surface area contributed by atoms with Crippen molar-refractivity contribution < 1.29 is 28.8 Å². The first-order valence-electron chi connectivity index (χ1n) is 16.6. The third-order valence-electron chi connectivity index (χ3n) is 7.84. The maximum Gasteiger partial charge on any atom is 0.255 e. The second-order valence-corrected chi connectivity index (χ2v) is 12.2. The predicted molar refractivity (Wildman–Crippen MR) is 201 cm³/mol. The van der Waals surface area contributed by atoms with E-state index < -0.39 is 6.04 Å². The lowest BCUT2D eigenvalue weighted by Crippen LogP contribution is -2.39. The van der Waals surface area contributed by atoms with Crippen LogP contribution in [-0.4, -0.2) is 93.6 Å². The summed E-state index contributed by atoms with van der Waals surface area (Å²) in [4.78, 5) is 26.9. The summed E-state index contributed by atoms with van der Waals surface area (Å²) in [6, 6.07) is 17.4. The number of nitrogens with zero attached hydrogens (tertiary/aromatic N) is 3. The summed E-state index contributed by atoms with van der Waals surface area (Å²) in [5.74, 6) is 1.90. The maximum atomic E-state index is 13.6. The summed E-state index contributed by atoms with van der Waals surface area (Å²) in [5, 5.41) is 14.2. The van der Waals surface area contributed by atoms with E-state index >= 15 is 0 Å². The van der Waals surface area contributed by atoms with E-state index in [-0.39, 0.29) is 31.0 Å². The fourth-order valence-electron chi connectivity index (χ4n) is 5.49. The molecule has 5 rings (SSSR count). The fraction of sp³-hybridized carbons (Fsp3) is 0.421. The van der Waals surface area contributed by atoms with E-state index in [2.05, 4.69) is 45.3 Å². The van der Waals surface area contributed by atoms with Crippen molar-refractivity contribution >= 4 is 35.2 Å². The molecule has 0 saturated carbocycles. The molecule has 1 amide bonds. The molecule has 1 aromatic heterocycles. The number of benzene rings is 3. The van der Waals surface area contributed by atoms with Crippen molar-refractivity contribution in [3.8, 4) is 34.1 Å². The van der Waals surface area contributed by atoms with Gasteiger partial charge in [-0.2, -0.15) is 0 Å². The van der Waals surface area contributed by atoms with Crippen LogP contribution >= 0.6 is 12.4 Å². The smallest absolute Gasteiger partial charge is 0.255 e. The highest BCUT2D eigenvalue weighted by Gasteiger charge is 2.26. The molecule has 0 bridgehead atoms. The van der Waals surface area contributed by atoms with Gasteiger partial charge in [0.05, 0.1) is 51.1 Å². The zero-order valence-electron chi connectivity index (χ0n) is 30.0. The number of aliphatic hydroxyl groups is 1. The second-order valence-electron chi connectivity index (χ2n) is 12.2. The van der Waals surface area contributed by atoms with Crippen molar-refractivity contribution in [2.75, 3.05) is 54.6 Å². The van der Waals surface area contributed by atoms with Crippen LogP contribution in [-0.2, 0) is 13.0 Å². The normalized spacial score (nSPS) is 11.9. The number of ether oxygens (including phenoxy) is 4. The Balaban J connectivity index is 0.000000488. The molecule has 0 fully saturated rings. The molecule has 0 radical (unpaired) electrons. The fourth-order valence-corrected chi connectivity index (χ4v) is 5.49. The molecule has 270 valence electrons. The Labute approximate surface area is 301 Å². The molecule has 1 aliphatic heterocycles. The Bertz CT molecular complexity index is 1770. The Kier molecular flexibility index (Phi) is 15.6. The van der Waals surface area contributed by atoms with Crippen LogP contribution in [0.2, 0.25) is 0 Å². The van der Waals surface area contributed by atoms with Gasteiger partial charge in [-0.3, -0.25) is 4.79 Å². The van der Waals surface area contributed by atoms with Crippen LogP contribution in [0.5, 0.6) is 23.0 Å². The SMILES string of the molecule is CCN=C=NCCCN(C)C.COc1cc2c(cc1OC)-c1cc(C(=O)N[C@@H](CO)Cc3c[nH]c4ccccc34)c(OC(C)C)cc1OC2.Cl. The van der Waals surface area contributed by atoms with Crippen molar-refractivity contribution in [3.05, 3.63) is 71.4 Å². The van der Waals surface area contributed by atoms with Crippen molar-refractivity contribution in [2.45, 2.75) is 52.4 Å². The number of aliphatic hydroxyl groups excluding tert-OH is 1. The zero-order chi connectivity index (χ0) is 35.3. The number of fused-ring (bicyclic) bond motifs is 4. The van der Waals surface area contributed by atoms with E-state index in [9.17, 15) is 9.90 Å². The number of para-hydroxylation sites is 1. The third-order valence-corrected chi connectivity index (χ3v) is 7.84. The number of H-pyrrole nitrogens is 1. The largest absolute Gasteiger partial charge is 0.493 e. The summed E-state index contributed by atoms with van der Waals surface area (Å²) in [5.41, 5.74) is 4.97. The van der Waals surface area contributed by atoms with Gasteiger partial charge in [0.25, 0.3) is 5.91 Å². The number of hydrogen-bond donors (Lipinski definition) is 3. The van der Waals surface area contributed by atoms with E-state index in [0.717, 1.165) is 59.2 Å². The molecule has 0 unspecified atom stereocenters. The molecular formula is C38H50ClN5O6. The van der Waals surface area contributed by atoms with Gasteiger partial charge in [-0.05, 0) is 89.6 Å². The van der Waals surface area contributed by atoms with Gasteiger partial charge in [0.15, 0.2) is 11.5 Å². The Morgan fingerprint density at radius 1 is 1.06 bits per heavy atom. The van der Waals surface area contributed by atoms with Crippen LogP contribution < -0.4 is 24.3 Å². The second kappa shape index (κ2) is 19.6. The van der Waals surface area contributed by atoms with Crippen LogP contribution in [0, 0.1) is 0 Å². The Morgan fingerprint density at radius 2 is 1.80 bits per heavy atom. The molecule has 3 aromatic carbocycles. The van der Waals surface area contributed by atoms with Gasteiger partial charge in [-0.25, -0.2) is 9.98 Å². The number of halogens is 1. The van der Waals surface area contributed by atoms with E-state index in [1.165, 1.54) is 0 Å². The van der Waals surface area contributed by atoms with Crippen molar-refractivity contribution in [3.63, 3.8) is 0 Å². The quantitative estimate of drug-likeness (QED) is 0.102. The van der Waals surface area contributed by atoms with Gasteiger partial charge < -0.3 is 39.3 Å². The van der Waals surface area contributed by atoms with Crippen LogP contribution in [0.25, 0.3) is 22.0 Å². The number of amides is 1. The Morgan fingerprint density at radius 3 is 2.48 bits per heavy atom. The maximum absolute atomic E-state index is 13.6. The number of hydrogen-bond acceptors (Lipinski definition) is 9. The minimum absolute atomic E-state index is 0. The van der Waals surface area contributed by atoms with Gasteiger partial charge >= 0.3 is 0 Å². The zero-order valence-corrected chi connectivity index (χ0v) is 30.9. The highest BCUT2D eigenvalue weighted by molar-refractivity contribution is 5.99. The standard InChI is InChI=1S/C30H32N2O6.C8H17N3.ClH/c1-17(2)38-27-13-26-23(22-12-29(36-4)28(35-3)10-19(22)16-37-26)11-24(27)30(34)32-20(15-33)9-18-14-31-25-8-6-5-7-21(18)25;1-4-9-8-10-6-5-7-11(2)3;/h5-8,10-14,17,20,31,33H,9,15-16H2,1-4H3,(H,32,34);4-7H2,1-3H3;1H/t20-;;/m1../s1. The summed E-state index contributed by atoms with van der Waals surface area (Å²) in [7, 11) is 7.30. The topological polar surface area (TPSA) is 130 Å². The molecule has 0 saturated heterocycles. The monoisotopic (exact) mass is 707 g/mol. The van der Waals surface area contributed by atoms with Crippen LogP contribution in [0.4, 0.5) is 0 Å². The van der Waals surface area contributed by atoms with Gasteiger partial charge in [0.2, 0.25) is 0 Å². The van der Waals surface area contributed by atoms with Gasteiger partial charge in [0, 0.05) is 40.8 Å². The minimum atomic E-state index is -0.488. The molecule has 50 heavy (non-hydrogen) atoms. The lowest BCUT2D eigenvalue weighted by molar-refractivity contribution is 0.0910. The van der Waals surface area contributed by atoms with E-state index in [1.54, 1.807) is 26.4 Å². The van der Waals surface area contributed by atoms with Crippen molar-refractivity contribution in [1.82, 2.24) is 15.2 Å². The number of aromatic nitrogens is 1. The molecule has 11 nitrogen and oxygen atoms in total. The van der Waals surface area contributed by atoms with E-state index in [4.69, 9.17) is 18.9 Å². The summed E-state index contributed by atoms with van der Waals surface area (Å²) < 4.78 is 23.0. The number of aliphatic imine (C=N–C) groups is 2. The molecule has 3 N–H and O–H groups in total. The number of aromatic amines is 1.